The van der Waals surface area contributed by atoms with Crippen LogP contribution in [0.25, 0.3) is 0 Å². The Kier molecular flexibility index (Phi) is 53.4. The Morgan fingerprint density at radius 1 is 0.392 bits per heavy atom. The van der Waals surface area contributed by atoms with Crippen molar-refractivity contribution in [1.29, 1.82) is 0 Å². The normalized spacial score (nSPS) is 14.0. The van der Waals surface area contributed by atoms with Crippen molar-refractivity contribution in [3.8, 4) is 0 Å². The molecule has 0 rings (SSSR count). The number of unbranched alkanes of at least 4 members (excludes halogenated alkanes) is 23. The molecule has 0 radical (unpaired) electrons. The summed E-state index contributed by atoms with van der Waals surface area (Å²) in [6, 6.07) is 0. The van der Waals surface area contributed by atoms with Gasteiger partial charge >= 0.3 is 25.7 Å². The maximum atomic E-state index is 12.9. The van der Waals surface area contributed by atoms with Gasteiger partial charge in [-0.15, -0.1) is 0 Å². The van der Waals surface area contributed by atoms with E-state index >= 15 is 0 Å². The van der Waals surface area contributed by atoms with Crippen LogP contribution in [-0.2, 0) is 42.2 Å². The maximum absolute atomic E-state index is 12.9. The van der Waals surface area contributed by atoms with Gasteiger partial charge in [0.2, 0.25) is 0 Å². The molecule has 2 N–H and O–H groups in total. The molecule has 0 aliphatic rings. The molecule has 0 saturated heterocycles. The van der Waals surface area contributed by atoms with E-state index in [1.54, 1.807) is 0 Å². The van der Waals surface area contributed by atoms with Crippen LogP contribution in [0.2, 0.25) is 0 Å². The highest BCUT2D eigenvalue weighted by molar-refractivity contribution is 7.47. The molecule has 0 aromatic carbocycles. The first-order valence-corrected chi connectivity index (χ1v) is 31.0. The van der Waals surface area contributed by atoms with E-state index in [1.165, 1.54) is 96.3 Å². The van der Waals surface area contributed by atoms with Crippen LogP contribution in [0.3, 0.4) is 0 Å². The zero-order chi connectivity index (χ0) is 54.1. The van der Waals surface area contributed by atoms with E-state index in [4.69, 9.17) is 23.3 Å². The van der Waals surface area contributed by atoms with Gasteiger partial charge in [0.05, 0.1) is 19.8 Å². The van der Waals surface area contributed by atoms with Crippen molar-refractivity contribution in [3.05, 3.63) is 85.1 Å². The number of ether oxygens (including phenoxy) is 3. The SMILES string of the molecule is CC/C=C\C/C=C\C/C=C\C/C=C\CCC(=O)OC(CO)COP(=O)(O)OCC(COC(=O)CCCCCCCCCCCCCCCCC)OC(=O)CCCCCCCC/C=C\C/C=C\C/C=C\CCCCC. The monoisotopic (exact) mass is 1060 g/mol. The number of phosphoric acid groups is 1. The summed E-state index contributed by atoms with van der Waals surface area (Å²) in [6.07, 6.45) is 64.1. The molecule has 0 saturated carbocycles. The summed E-state index contributed by atoms with van der Waals surface area (Å²) in [7, 11) is -4.77. The number of hydrogen-bond donors (Lipinski definition) is 2. The van der Waals surface area contributed by atoms with Crippen molar-refractivity contribution in [1.82, 2.24) is 0 Å². The van der Waals surface area contributed by atoms with Crippen molar-refractivity contribution in [2.24, 2.45) is 0 Å². The molecule has 0 spiro atoms. The third kappa shape index (κ3) is 53.5. The Bertz CT molecular complexity index is 1560. The van der Waals surface area contributed by atoms with E-state index in [9.17, 15) is 28.9 Å². The molecule has 0 aromatic rings. The van der Waals surface area contributed by atoms with Gasteiger partial charge in [-0.25, -0.2) is 4.57 Å². The molecule has 74 heavy (non-hydrogen) atoms. The van der Waals surface area contributed by atoms with Gasteiger partial charge in [0.25, 0.3) is 0 Å². The van der Waals surface area contributed by atoms with Crippen LogP contribution in [0.4, 0.5) is 0 Å². The number of esters is 3. The van der Waals surface area contributed by atoms with Crippen molar-refractivity contribution in [2.75, 3.05) is 26.4 Å². The first-order chi connectivity index (χ1) is 36.2. The van der Waals surface area contributed by atoms with Crippen LogP contribution < -0.4 is 0 Å². The fourth-order valence-electron chi connectivity index (χ4n) is 7.85. The number of hydrogen-bond acceptors (Lipinski definition) is 10. The van der Waals surface area contributed by atoms with Crippen LogP contribution in [0.15, 0.2) is 85.1 Å². The number of aliphatic hydroxyl groups excluding tert-OH is 1. The van der Waals surface area contributed by atoms with Gasteiger partial charge in [-0.1, -0.05) is 234 Å². The summed E-state index contributed by atoms with van der Waals surface area (Å²) < 4.78 is 39.4. The molecular weight excluding hydrogens is 952 g/mol. The van der Waals surface area contributed by atoms with Crippen molar-refractivity contribution in [2.45, 2.75) is 264 Å². The summed E-state index contributed by atoms with van der Waals surface area (Å²) in [6.45, 7) is 4.42. The molecule has 3 atom stereocenters. The van der Waals surface area contributed by atoms with Gasteiger partial charge in [0, 0.05) is 19.3 Å². The first-order valence-electron chi connectivity index (χ1n) is 29.5. The lowest BCUT2D eigenvalue weighted by atomic mass is 10.0. The van der Waals surface area contributed by atoms with Crippen LogP contribution in [-0.4, -0.2) is 66.5 Å². The fraction of sp³-hybridized carbons (Fsp3) is 0.726. The first kappa shape index (κ1) is 70.7. The Balaban J connectivity index is 4.80. The number of carbonyl (C=O) groups is 3. The van der Waals surface area contributed by atoms with Gasteiger partial charge in [0.15, 0.2) is 6.10 Å². The van der Waals surface area contributed by atoms with Crippen molar-refractivity contribution in [3.63, 3.8) is 0 Å². The van der Waals surface area contributed by atoms with Gasteiger partial charge in [-0.2, -0.15) is 0 Å². The summed E-state index contributed by atoms with van der Waals surface area (Å²) >= 11 is 0. The highest BCUT2D eigenvalue weighted by Gasteiger charge is 2.28. The largest absolute Gasteiger partial charge is 0.472 e. The third-order valence-electron chi connectivity index (χ3n) is 12.3. The van der Waals surface area contributed by atoms with Gasteiger partial charge in [-0.05, 0) is 83.5 Å². The third-order valence-corrected chi connectivity index (χ3v) is 13.3. The van der Waals surface area contributed by atoms with Crippen molar-refractivity contribution < 1.29 is 52.2 Å². The minimum absolute atomic E-state index is 0.0531. The quantitative estimate of drug-likeness (QED) is 0.0197. The van der Waals surface area contributed by atoms with E-state index in [-0.39, 0.29) is 25.9 Å². The van der Waals surface area contributed by atoms with Crippen LogP contribution >= 0.6 is 7.82 Å². The lowest BCUT2D eigenvalue weighted by Crippen LogP contribution is -2.30. The Morgan fingerprint density at radius 2 is 0.730 bits per heavy atom. The molecule has 0 heterocycles. The number of allylic oxidation sites excluding steroid dienone is 14. The molecule has 3 unspecified atom stereocenters. The van der Waals surface area contributed by atoms with Crippen molar-refractivity contribution >= 4 is 25.7 Å². The van der Waals surface area contributed by atoms with Crippen LogP contribution in [0, 0.1) is 0 Å². The molecule has 12 heteroatoms. The second-order valence-corrected chi connectivity index (χ2v) is 20.9. The minimum Gasteiger partial charge on any atom is -0.462 e. The van der Waals surface area contributed by atoms with E-state index in [0.717, 1.165) is 96.3 Å². The molecule has 0 aliphatic carbocycles. The molecule has 0 fully saturated rings. The predicted molar refractivity (Wildman–Crippen MR) is 307 cm³/mol. The van der Waals surface area contributed by atoms with E-state index in [2.05, 4.69) is 93.7 Å². The molecule has 0 aliphatic heterocycles. The average molecular weight is 1060 g/mol. The Labute approximate surface area is 451 Å². The highest BCUT2D eigenvalue weighted by atomic mass is 31.2. The summed E-state index contributed by atoms with van der Waals surface area (Å²) in [5, 5.41) is 9.79. The topological polar surface area (TPSA) is 155 Å². The Hall–Kier alpha value is -3.34. The summed E-state index contributed by atoms with van der Waals surface area (Å²) in [5.74, 6) is -1.56. The summed E-state index contributed by atoms with van der Waals surface area (Å²) in [5.41, 5.74) is 0. The summed E-state index contributed by atoms with van der Waals surface area (Å²) in [4.78, 5) is 48.5. The molecule has 0 aromatic heterocycles. The maximum Gasteiger partial charge on any atom is 0.472 e. The Morgan fingerprint density at radius 3 is 1.19 bits per heavy atom. The van der Waals surface area contributed by atoms with Crippen LogP contribution in [0.5, 0.6) is 0 Å². The number of carbonyl (C=O) groups excluding carboxylic acids is 3. The van der Waals surface area contributed by atoms with Gasteiger partial charge in [-0.3, -0.25) is 23.4 Å². The molecular formula is C62H107O11P. The predicted octanol–water partition coefficient (Wildman–Crippen LogP) is 17.5. The highest BCUT2D eigenvalue weighted by Crippen LogP contribution is 2.43. The molecule has 0 amide bonds. The lowest BCUT2D eigenvalue weighted by Gasteiger charge is -2.21. The minimum atomic E-state index is -4.77. The zero-order valence-corrected chi connectivity index (χ0v) is 47.9. The number of rotatable bonds is 54. The fourth-order valence-corrected chi connectivity index (χ4v) is 8.63. The smallest absolute Gasteiger partial charge is 0.462 e. The standard InChI is InChI=1S/C62H107O11P/c1-4-7-10-13-16-19-22-25-27-28-29-30-32-35-38-41-44-47-50-53-62(66)73-59(55-69-60(64)51-48-45-42-39-36-34-31-26-23-20-17-14-11-8-5-2)57-71-74(67,68)70-56-58(54-63)72-61(65)52-49-46-43-40-37-33-24-21-18-15-12-9-6-3/h9,12,16,18-19,21,25,27,29-30,33,37,43,46,58-59,63H,4-8,10-11,13-15,17,20,22-24,26,28,31-32,34-36,38-42,44-45,47-57H2,1-3H3,(H,67,68)/b12-9-,19-16-,21-18-,27-25-,30-29-,37-33-,46-43-. The van der Waals surface area contributed by atoms with E-state index < -0.39 is 57.8 Å². The number of aliphatic hydroxyl groups is 1. The second-order valence-electron chi connectivity index (χ2n) is 19.4. The second kappa shape index (κ2) is 55.9. The number of phosphoric ester groups is 1. The molecule has 11 nitrogen and oxygen atoms in total. The lowest BCUT2D eigenvalue weighted by molar-refractivity contribution is -0.161. The van der Waals surface area contributed by atoms with Gasteiger partial charge < -0.3 is 24.2 Å². The van der Waals surface area contributed by atoms with E-state index in [1.807, 2.05) is 12.2 Å². The average Bonchev–Trinajstić information content (AvgIpc) is 3.39. The van der Waals surface area contributed by atoms with E-state index in [0.29, 0.717) is 19.3 Å². The molecule has 426 valence electrons. The van der Waals surface area contributed by atoms with Gasteiger partial charge in [0.1, 0.15) is 12.7 Å². The zero-order valence-electron chi connectivity index (χ0n) is 47.0. The molecule has 0 bridgehead atoms. The van der Waals surface area contributed by atoms with Crippen LogP contribution in [0.1, 0.15) is 252 Å².